The summed E-state index contributed by atoms with van der Waals surface area (Å²) in [7, 11) is 1.63. The van der Waals surface area contributed by atoms with Crippen LogP contribution in [0, 0.1) is 0 Å². The van der Waals surface area contributed by atoms with Gasteiger partial charge in [-0.1, -0.05) is 28.9 Å². The van der Waals surface area contributed by atoms with E-state index in [0.717, 1.165) is 17.1 Å². The maximum Gasteiger partial charge on any atom is 0.138 e. The van der Waals surface area contributed by atoms with E-state index in [1.54, 1.807) is 17.9 Å². The second kappa shape index (κ2) is 6.49. The number of benzene rings is 2. The average Bonchev–Trinajstić information content (AvgIpc) is 3.03. The highest BCUT2D eigenvalue weighted by atomic mass is 35.5. The van der Waals surface area contributed by atoms with Crippen molar-refractivity contribution >= 4 is 11.6 Å². The van der Waals surface area contributed by atoms with Gasteiger partial charge in [0.25, 0.3) is 0 Å². The number of hydrogen-bond donors (Lipinski definition) is 0. The van der Waals surface area contributed by atoms with Crippen LogP contribution in [0.4, 0.5) is 0 Å². The predicted octanol–water partition coefficient (Wildman–Crippen LogP) is 3.51. The Morgan fingerprint density at radius 1 is 1.09 bits per heavy atom. The van der Waals surface area contributed by atoms with Crippen molar-refractivity contribution < 1.29 is 9.47 Å². The van der Waals surface area contributed by atoms with Gasteiger partial charge >= 0.3 is 0 Å². The molecule has 0 amide bonds. The largest absolute Gasteiger partial charge is 0.497 e. The molecule has 0 atom stereocenters. The summed E-state index contributed by atoms with van der Waals surface area (Å²) in [5.41, 5.74) is 1.62. The maximum atomic E-state index is 6.04. The van der Waals surface area contributed by atoms with Gasteiger partial charge in [0, 0.05) is 0 Å². The van der Waals surface area contributed by atoms with Gasteiger partial charge in [0.1, 0.15) is 23.8 Å². The van der Waals surface area contributed by atoms with E-state index in [9.17, 15) is 0 Å². The van der Waals surface area contributed by atoms with Crippen LogP contribution in [0.2, 0.25) is 5.02 Å². The monoisotopic (exact) mass is 315 g/mol. The highest BCUT2D eigenvalue weighted by Gasteiger charge is 2.06. The normalized spacial score (nSPS) is 10.5. The highest BCUT2D eigenvalue weighted by molar-refractivity contribution is 6.32. The fourth-order valence-corrected chi connectivity index (χ4v) is 2.13. The van der Waals surface area contributed by atoms with E-state index < -0.39 is 0 Å². The Bertz CT molecular complexity index is 756. The third kappa shape index (κ3) is 3.20. The molecular weight excluding hydrogens is 302 g/mol. The van der Waals surface area contributed by atoms with E-state index in [1.807, 2.05) is 48.7 Å². The lowest BCUT2D eigenvalue weighted by atomic mass is 10.3. The Kier molecular flexibility index (Phi) is 4.25. The summed E-state index contributed by atoms with van der Waals surface area (Å²) in [4.78, 5) is 0. The molecule has 0 spiro atoms. The van der Waals surface area contributed by atoms with E-state index >= 15 is 0 Å². The van der Waals surface area contributed by atoms with Crippen LogP contribution in [0.1, 0.15) is 5.69 Å². The van der Waals surface area contributed by atoms with Crippen LogP contribution in [0.3, 0.4) is 0 Å². The lowest BCUT2D eigenvalue weighted by Gasteiger charge is -2.05. The molecule has 6 heteroatoms. The number of hydrogen-bond acceptors (Lipinski definition) is 4. The van der Waals surface area contributed by atoms with Gasteiger partial charge in [0.05, 0.1) is 24.0 Å². The van der Waals surface area contributed by atoms with Crippen molar-refractivity contribution in [3.05, 3.63) is 65.4 Å². The molecule has 0 saturated carbocycles. The van der Waals surface area contributed by atoms with E-state index in [1.165, 1.54) is 0 Å². The van der Waals surface area contributed by atoms with Crippen molar-refractivity contribution in [1.82, 2.24) is 15.0 Å². The maximum absolute atomic E-state index is 6.04. The van der Waals surface area contributed by atoms with Crippen LogP contribution in [-0.4, -0.2) is 22.1 Å². The molecular formula is C16H14ClN3O2. The summed E-state index contributed by atoms with van der Waals surface area (Å²) >= 11 is 6.04. The fourth-order valence-electron chi connectivity index (χ4n) is 1.94. The first-order valence-electron chi connectivity index (χ1n) is 6.69. The van der Waals surface area contributed by atoms with Crippen LogP contribution < -0.4 is 9.47 Å². The molecule has 22 heavy (non-hydrogen) atoms. The van der Waals surface area contributed by atoms with Gasteiger partial charge < -0.3 is 9.47 Å². The van der Waals surface area contributed by atoms with Crippen molar-refractivity contribution in [3.63, 3.8) is 0 Å². The minimum atomic E-state index is 0.305. The van der Waals surface area contributed by atoms with E-state index in [-0.39, 0.29) is 0 Å². The summed E-state index contributed by atoms with van der Waals surface area (Å²) < 4.78 is 12.5. The predicted molar refractivity (Wildman–Crippen MR) is 83.7 cm³/mol. The number of para-hydroxylation sites is 1. The van der Waals surface area contributed by atoms with Gasteiger partial charge in [-0.15, -0.1) is 5.10 Å². The van der Waals surface area contributed by atoms with Crippen molar-refractivity contribution in [2.24, 2.45) is 0 Å². The number of aromatic nitrogens is 3. The van der Waals surface area contributed by atoms with E-state index in [4.69, 9.17) is 21.1 Å². The van der Waals surface area contributed by atoms with Crippen molar-refractivity contribution in [1.29, 1.82) is 0 Å². The topological polar surface area (TPSA) is 49.2 Å². The molecule has 0 radical (unpaired) electrons. The van der Waals surface area contributed by atoms with Crippen LogP contribution in [0.15, 0.2) is 54.7 Å². The first-order valence-corrected chi connectivity index (χ1v) is 7.07. The summed E-state index contributed by atoms with van der Waals surface area (Å²) in [5, 5.41) is 8.76. The first kappa shape index (κ1) is 14.4. The molecule has 3 aromatic rings. The average molecular weight is 316 g/mol. The number of halogens is 1. The van der Waals surface area contributed by atoms with Crippen LogP contribution in [0.5, 0.6) is 11.5 Å². The molecule has 0 N–H and O–H groups in total. The summed E-state index contributed by atoms with van der Waals surface area (Å²) in [6.07, 6.45) is 1.82. The van der Waals surface area contributed by atoms with Crippen molar-refractivity contribution in [2.75, 3.05) is 7.11 Å². The zero-order chi connectivity index (χ0) is 15.4. The SMILES string of the molecule is COc1ccc(-n2cc(COc3ccccc3Cl)nn2)cc1. The van der Waals surface area contributed by atoms with Gasteiger partial charge in [-0.3, -0.25) is 0 Å². The molecule has 0 saturated heterocycles. The van der Waals surface area contributed by atoms with E-state index in [2.05, 4.69) is 10.3 Å². The lowest BCUT2D eigenvalue weighted by Crippen LogP contribution is -1.96. The molecule has 0 aliphatic heterocycles. The number of rotatable bonds is 5. The standard InChI is InChI=1S/C16H14ClN3O2/c1-21-14-8-6-13(7-9-14)20-10-12(18-19-20)11-22-16-5-3-2-4-15(16)17/h2-10H,11H2,1H3. The molecule has 112 valence electrons. The number of ether oxygens (including phenoxy) is 2. The zero-order valence-electron chi connectivity index (χ0n) is 11.9. The van der Waals surface area contributed by atoms with Gasteiger partial charge in [-0.05, 0) is 36.4 Å². The Hall–Kier alpha value is -2.53. The molecule has 0 aliphatic carbocycles. The van der Waals surface area contributed by atoms with Crippen LogP contribution in [0.25, 0.3) is 5.69 Å². The number of nitrogens with zero attached hydrogens (tertiary/aromatic N) is 3. The summed E-state index contributed by atoms with van der Waals surface area (Å²) in [6.45, 7) is 0.305. The Morgan fingerprint density at radius 2 is 1.86 bits per heavy atom. The van der Waals surface area contributed by atoms with Crippen molar-refractivity contribution in [2.45, 2.75) is 6.61 Å². The molecule has 5 nitrogen and oxygen atoms in total. The lowest BCUT2D eigenvalue weighted by molar-refractivity contribution is 0.301. The molecule has 0 unspecified atom stereocenters. The Balaban J connectivity index is 1.69. The third-order valence-electron chi connectivity index (χ3n) is 3.09. The van der Waals surface area contributed by atoms with Crippen LogP contribution >= 0.6 is 11.6 Å². The molecule has 0 aliphatic rings. The second-order valence-corrected chi connectivity index (χ2v) is 4.98. The highest BCUT2D eigenvalue weighted by Crippen LogP contribution is 2.24. The molecule has 1 heterocycles. The minimum Gasteiger partial charge on any atom is -0.497 e. The first-order chi connectivity index (χ1) is 10.8. The number of methoxy groups -OCH3 is 1. The minimum absolute atomic E-state index is 0.305. The Morgan fingerprint density at radius 3 is 2.59 bits per heavy atom. The molecule has 0 fully saturated rings. The molecule has 1 aromatic heterocycles. The zero-order valence-corrected chi connectivity index (χ0v) is 12.7. The van der Waals surface area contributed by atoms with Gasteiger partial charge in [-0.2, -0.15) is 0 Å². The van der Waals surface area contributed by atoms with Gasteiger partial charge in [0.2, 0.25) is 0 Å². The van der Waals surface area contributed by atoms with Gasteiger partial charge in [-0.25, -0.2) is 4.68 Å². The molecule has 2 aromatic carbocycles. The van der Waals surface area contributed by atoms with E-state index in [0.29, 0.717) is 17.4 Å². The smallest absolute Gasteiger partial charge is 0.138 e. The molecule has 0 bridgehead atoms. The summed E-state index contributed by atoms with van der Waals surface area (Å²) in [6, 6.07) is 14.9. The molecule has 3 rings (SSSR count). The summed E-state index contributed by atoms with van der Waals surface area (Å²) in [5.74, 6) is 1.43. The Labute approximate surface area is 133 Å². The second-order valence-electron chi connectivity index (χ2n) is 4.57. The quantitative estimate of drug-likeness (QED) is 0.723. The van der Waals surface area contributed by atoms with Crippen molar-refractivity contribution in [3.8, 4) is 17.2 Å². The van der Waals surface area contributed by atoms with Gasteiger partial charge in [0.15, 0.2) is 0 Å². The van der Waals surface area contributed by atoms with Crippen LogP contribution in [-0.2, 0) is 6.61 Å². The fraction of sp³-hybridized carbons (Fsp3) is 0.125. The third-order valence-corrected chi connectivity index (χ3v) is 3.40.